The Kier molecular flexibility index (Phi) is 4.18. The molecule has 90 valence electrons. The predicted molar refractivity (Wildman–Crippen MR) is 55.3 cm³/mol. The second-order valence-electron chi connectivity index (χ2n) is 3.67. The molecule has 5 heteroatoms. The molecule has 0 spiro atoms. The molecular weight excluding hydrogens is 219 g/mol. The molecule has 1 aromatic rings. The van der Waals surface area contributed by atoms with E-state index in [1.54, 1.807) is 6.92 Å². The molecule has 1 aromatic carbocycles. The van der Waals surface area contributed by atoms with Crippen molar-refractivity contribution in [2.45, 2.75) is 25.8 Å². The molecule has 0 amide bonds. The Hall–Kier alpha value is -1.23. The van der Waals surface area contributed by atoms with E-state index in [4.69, 9.17) is 10.5 Å². The van der Waals surface area contributed by atoms with Gasteiger partial charge in [0.15, 0.2) is 0 Å². The summed E-state index contributed by atoms with van der Waals surface area (Å²) in [5.74, 6) is -0.680. The Balaban J connectivity index is 3.24. The monoisotopic (exact) mass is 233 g/mol. The zero-order chi connectivity index (χ0) is 12.3. The van der Waals surface area contributed by atoms with Gasteiger partial charge in [-0.2, -0.15) is 0 Å². The van der Waals surface area contributed by atoms with Crippen molar-refractivity contribution in [1.82, 2.24) is 0 Å². The van der Waals surface area contributed by atoms with Crippen molar-refractivity contribution in [3.8, 4) is 5.75 Å². The molecule has 0 heterocycles. The minimum absolute atomic E-state index is 0.0219. The van der Waals surface area contributed by atoms with Gasteiger partial charge in [-0.1, -0.05) is 0 Å². The number of benzene rings is 1. The SMILES string of the molecule is COc1c(CC(C)N)cc(F)cc1C(F)F. The van der Waals surface area contributed by atoms with Crippen molar-refractivity contribution in [2.75, 3.05) is 7.11 Å². The minimum atomic E-state index is -2.77. The Labute approximate surface area is 92.2 Å². The number of hydrogen-bond donors (Lipinski definition) is 1. The van der Waals surface area contributed by atoms with Crippen molar-refractivity contribution >= 4 is 0 Å². The molecule has 0 aliphatic carbocycles. The number of alkyl halides is 2. The van der Waals surface area contributed by atoms with Crippen LogP contribution in [0.15, 0.2) is 12.1 Å². The first-order valence-corrected chi connectivity index (χ1v) is 4.85. The molecule has 0 aliphatic heterocycles. The van der Waals surface area contributed by atoms with Crippen LogP contribution in [-0.4, -0.2) is 13.2 Å². The second kappa shape index (κ2) is 5.21. The summed E-state index contributed by atoms with van der Waals surface area (Å²) < 4.78 is 43.3. The number of methoxy groups -OCH3 is 1. The van der Waals surface area contributed by atoms with Crippen LogP contribution in [0.4, 0.5) is 13.2 Å². The van der Waals surface area contributed by atoms with Crippen LogP contribution in [0, 0.1) is 5.82 Å². The van der Waals surface area contributed by atoms with Gasteiger partial charge in [0.2, 0.25) is 0 Å². The number of hydrogen-bond acceptors (Lipinski definition) is 2. The molecule has 0 bridgehead atoms. The highest BCUT2D eigenvalue weighted by molar-refractivity contribution is 5.43. The predicted octanol–water partition coefficient (Wildman–Crippen LogP) is 2.66. The highest BCUT2D eigenvalue weighted by Gasteiger charge is 2.19. The summed E-state index contributed by atoms with van der Waals surface area (Å²) in [7, 11) is 1.28. The van der Waals surface area contributed by atoms with Crippen LogP contribution < -0.4 is 10.5 Å². The van der Waals surface area contributed by atoms with Crippen LogP contribution in [0.2, 0.25) is 0 Å². The molecule has 1 unspecified atom stereocenters. The van der Waals surface area contributed by atoms with Crippen LogP contribution in [0.5, 0.6) is 5.75 Å². The topological polar surface area (TPSA) is 35.2 Å². The summed E-state index contributed by atoms with van der Waals surface area (Å²) in [6.07, 6.45) is -2.47. The fourth-order valence-corrected chi connectivity index (χ4v) is 1.58. The maximum Gasteiger partial charge on any atom is 0.267 e. The van der Waals surface area contributed by atoms with Crippen LogP contribution in [0.3, 0.4) is 0 Å². The maximum atomic E-state index is 13.1. The summed E-state index contributed by atoms with van der Waals surface area (Å²) >= 11 is 0. The van der Waals surface area contributed by atoms with Crippen molar-refractivity contribution in [2.24, 2.45) is 5.73 Å². The van der Waals surface area contributed by atoms with E-state index in [1.807, 2.05) is 0 Å². The van der Waals surface area contributed by atoms with Gasteiger partial charge in [0.25, 0.3) is 6.43 Å². The molecule has 0 saturated heterocycles. The molecule has 16 heavy (non-hydrogen) atoms. The molecule has 0 saturated carbocycles. The Bertz CT molecular complexity index is 366. The Morgan fingerprint density at radius 1 is 1.38 bits per heavy atom. The van der Waals surface area contributed by atoms with Gasteiger partial charge >= 0.3 is 0 Å². The average molecular weight is 233 g/mol. The third-order valence-corrected chi connectivity index (χ3v) is 2.14. The molecule has 1 atom stereocenters. The largest absolute Gasteiger partial charge is 0.496 e. The van der Waals surface area contributed by atoms with E-state index in [0.29, 0.717) is 12.0 Å². The van der Waals surface area contributed by atoms with Gasteiger partial charge < -0.3 is 10.5 Å². The first-order valence-electron chi connectivity index (χ1n) is 4.85. The quantitative estimate of drug-likeness (QED) is 0.867. The molecule has 0 aliphatic rings. The maximum absolute atomic E-state index is 13.1. The zero-order valence-electron chi connectivity index (χ0n) is 9.14. The van der Waals surface area contributed by atoms with Gasteiger partial charge in [-0.3, -0.25) is 0 Å². The number of nitrogens with two attached hydrogens (primary N) is 1. The fraction of sp³-hybridized carbons (Fsp3) is 0.455. The normalized spacial score (nSPS) is 12.9. The van der Waals surface area contributed by atoms with Gasteiger partial charge in [-0.05, 0) is 31.0 Å². The first kappa shape index (κ1) is 12.8. The molecule has 0 fully saturated rings. The lowest BCUT2D eigenvalue weighted by Crippen LogP contribution is -2.18. The third kappa shape index (κ3) is 2.88. The minimum Gasteiger partial charge on any atom is -0.496 e. The van der Waals surface area contributed by atoms with E-state index in [1.165, 1.54) is 13.2 Å². The summed E-state index contributed by atoms with van der Waals surface area (Å²) in [4.78, 5) is 0. The number of ether oxygens (including phenoxy) is 1. The van der Waals surface area contributed by atoms with Crippen LogP contribution in [0.1, 0.15) is 24.5 Å². The summed E-state index contributed by atoms with van der Waals surface area (Å²) in [6, 6.07) is 1.71. The molecule has 0 aromatic heterocycles. The lowest BCUT2D eigenvalue weighted by molar-refractivity contribution is 0.146. The van der Waals surface area contributed by atoms with Crippen molar-refractivity contribution in [3.05, 3.63) is 29.1 Å². The van der Waals surface area contributed by atoms with Crippen molar-refractivity contribution in [1.29, 1.82) is 0 Å². The van der Waals surface area contributed by atoms with Crippen LogP contribution in [0.25, 0.3) is 0 Å². The van der Waals surface area contributed by atoms with E-state index < -0.39 is 17.8 Å². The van der Waals surface area contributed by atoms with Gasteiger partial charge in [0, 0.05) is 6.04 Å². The number of rotatable bonds is 4. The summed E-state index contributed by atoms with van der Waals surface area (Å²) in [5.41, 5.74) is 5.49. The van der Waals surface area contributed by atoms with E-state index >= 15 is 0 Å². The highest BCUT2D eigenvalue weighted by Crippen LogP contribution is 2.33. The average Bonchev–Trinajstić information content (AvgIpc) is 2.15. The molecule has 2 N–H and O–H groups in total. The van der Waals surface area contributed by atoms with Crippen molar-refractivity contribution < 1.29 is 17.9 Å². The van der Waals surface area contributed by atoms with E-state index in [0.717, 1.165) is 6.07 Å². The highest BCUT2D eigenvalue weighted by atomic mass is 19.3. The van der Waals surface area contributed by atoms with E-state index in [-0.39, 0.29) is 11.8 Å². The van der Waals surface area contributed by atoms with Crippen LogP contribution in [-0.2, 0) is 6.42 Å². The van der Waals surface area contributed by atoms with Gasteiger partial charge in [-0.15, -0.1) is 0 Å². The van der Waals surface area contributed by atoms with Gasteiger partial charge in [0.1, 0.15) is 11.6 Å². The van der Waals surface area contributed by atoms with Gasteiger partial charge in [-0.25, -0.2) is 13.2 Å². The fourth-order valence-electron chi connectivity index (χ4n) is 1.58. The Morgan fingerprint density at radius 2 is 2.00 bits per heavy atom. The van der Waals surface area contributed by atoms with Crippen molar-refractivity contribution in [3.63, 3.8) is 0 Å². The van der Waals surface area contributed by atoms with E-state index in [2.05, 4.69) is 0 Å². The Morgan fingerprint density at radius 3 is 2.44 bits per heavy atom. The standard InChI is InChI=1S/C11H14F3NO/c1-6(15)3-7-4-8(12)5-9(11(13)14)10(7)16-2/h4-6,11H,3,15H2,1-2H3. The second-order valence-corrected chi connectivity index (χ2v) is 3.67. The van der Waals surface area contributed by atoms with E-state index in [9.17, 15) is 13.2 Å². The molecule has 0 radical (unpaired) electrons. The summed E-state index contributed by atoms with van der Waals surface area (Å²) in [5, 5.41) is 0. The lowest BCUT2D eigenvalue weighted by Gasteiger charge is -2.14. The molecule has 2 nitrogen and oxygen atoms in total. The lowest BCUT2D eigenvalue weighted by atomic mass is 10.0. The zero-order valence-corrected chi connectivity index (χ0v) is 9.14. The molecular formula is C11H14F3NO. The number of halogens is 3. The van der Waals surface area contributed by atoms with Crippen LogP contribution >= 0.6 is 0 Å². The van der Waals surface area contributed by atoms with Gasteiger partial charge in [0.05, 0.1) is 12.7 Å². The summed E-state index contributed by atoms with van der Waals surface area (Å²) in [6.45, 7) is 1.71. The molecule has 1 rings (SSSR count). The first-order chi connectivity index (χ1) is 7.45. The smallest absolute Gasteiger partial charge is 0.267 e. The third-order valence-electron chi connectivity index (χ3n) is 2.14.